The van der Waals surface area contributed by atoms with Crippen LogP contribution < -0.4 is 10.1 Å². The predicted molar refractivity (Wildman–Crippen MR) is 128 cm³/mol. The van der Waals surface area contributed by atoms with Gasteiger partial charge < -0.3 is 10.1 Å². The number of hydrogen-bond acceptors (Lipinski definition) is 5. The zero-order chi connectivity index (χ0) is 23.2. The molecule has 0 aliphatic carbocycles. The van der Waals surface area contributed by atoms with Crippen molar-refractivity contribution in [2.24, 2.45) is 0 Å². The molecule has 4 rings (SSSR count). The van der Waals surface area contributed by atoms with Crippen LogP contribution in [0, 0.1) is 12.7 Å². The molecule has 1 aromatic heterocycles. The molecule has 0 fully saturated rings. The van der Waals surface area contributed by atoms with Crippen molar-refractivity contribution < 1.29 is 13.9 Å². The van der Waals surface area contributed by atoms with Crippen LogP contribution in [0.2, 0.25) is 5.02 Å². The average molecular weight is 483 g/mol. The highest BCUT2D eigenvalue weighted by molar-refractivity contribution is 7.99. The maximum absolute atomic E-state index is 13.3. The zero-order valence-corrected chi connectivity index (χ0v) is 19.2. The molecule has 0 radical (unpaired) electrons. The van der Waals surface area contributed by atoms with Crippen molar-refractivity contribution in [2.45, 2.75) is 18.7 Å². The highest BCUT2D eigenvalue weighted by Gasteiger charge is 2.17. The van der Waals surface area contributed by atoms with Gasteiger partial charge in [-0.15, -0.1) is 10.2 Å². The predicted octanol–water partition coefficient (Wildman–Crippen LogP) is 5.68. The molecule has 0 spiro atoms. The standard InChI is InChI=1S/C24H20ClFN4O2S/c1-16-7-10-19(11-8-16)32-14-22-28-29-24(30(22)18-5-3-2-4-6-18)33-15-23(31)27-17-9-12-21(26)20(25)13-17/h2-13H,14-15H2,1H3,(H,27,31). The van der Waals surface area contributed by atoms with Gasteiger partial charge in [-0.05, 0) is 49.4 Å². The minimum absolute atomic E-state index is 0.0532. The Morgan fingerprint density at radius 2 is 1.85 bits per heavy atom. The fourth-order valence-corrected chi connectivity index (χ4v) is 3.96. The largest absolute Gasteiger partial charge is 0.486 e. The molecule has 4 aromatic rings. The highest BCUT2D eigenvalue weighted by Crippen LogP contribution is 2.24. The molecule has 168 valence electrons. The Hall–Kier alpha value is -3.36. The van der Waals surface area contributed by atoms with Crippen molar-refractivity contribution in [3.05, 3.63) is 95.0 Å². The molecule has 0 saturated heterocycles. The van der Waals surface area contributed by atoms with E-state index < -0.39 is 5.82 Å². The summed E-state index contributed by atoms with van der Waals surface area (Å²) in [6, 6.07) is 21.4. The molecule has 1 N–H and O–H groups in total. The number of aromatic nitrogens is 3. The first-order chi connectivity index (χ1) is 16.0. The van der Waals surface area contributed by atoms with Crippen molar-refractivity contribution in [2.75, 3.05) is 11.1 Å². The molecule has 1 amide bonds. The van der Waals surface area contributed by atoms with Crippen molar-refractivity contribution in [1.82, 2.24) is 14.8 Å². The van der Waals surface area contributed by atoms with Crippen LogP contribution in [0.5, 0.6) is 5.75 Å². The molecule has 3 aromatic carbocycles. The van der Waals surface area contributed by atoms with Gasteiger partial charge in [0, 0.05) is 11.4 Å². The topological polar surface area (TPSA) is 69.0 Å². The highest BCUT2D eigenvalue weighted by atomic mass is 35.5. The fraction of sp³-hybridized carbons (Fsp3) is 0.125. The summed E-state index contributed by atoms with van der Waals surface area (Å²) in [6.45, 7) is 2.23. The van der Waals surface area contributed by atoms with Gasteiger partial charge in [0.05, 0.1) is 10.8 Å². The molecule has 0 atom stereocenters. The summed E-state index contributed by atoms with van der Waals surface area (Å²) >= 11 is 7.01. The van der Waals surface area contributed by atoms with E-state index in [1.807, 2.05) is 66.1 Å². The molecule has 9 heteroatoms. The number of halogens is 2. The van der Waals surface area contributed by atoms with E-state index in [1.54, 1.807) is 0 Å². The summed E-state index contributed by atoms with van der Waals surface area (Å²) < 4.78 is 21.1. The van der Waals surface area contributed by atoms with Gasteiger partial charge in [-0.3, -0.25) is 9.36 Å². The second-order valence-corrected chi connectivity index (χ2v) is 8.49. The van der Waals surface area contributed by atoms with Crippen molar-refractivity contribution in [1.29, 1.82) is 0 Å². The third-order valence-electron chi connectivity index (χ3n) is 4.64. The van der Waals surface area contributed by atoms with E-state index in [9.17, 15) is 9.18 Å². The van der Waals surface area contributed by atoms with E-state index in [0.29, 0.717) is 16.7 Å². The van der Waals surface area contributed by atoms with Crippen molar-refractivity contribution in [3.8, 4) is 11.4 Å². The summed E-state index contributed by atoms with van der Waals surface area (Å²) in [5, 5.41) is 11.8. The number of hydrogen-bond donors (Lipinski definition) is 1. The number of nitrogens with zero attached hydrogens (tertiary/aromatic N) is 3. The quantitative estimate of drug-likeness (QED) is 0.327. The van der Waals surface area contributed by atoms with Gasteiger partial charge in [0.2, 0.25) is 5.91 Å². The van der Waals surface area contributed by atoms with E-state index in [4.69, 9.17) is 16.3 Å². The van der Waals surface area contributed by atoms with E-state index in [0.717, 1.165) is 17.0 Å². The van der Waals surface area contributed by atoms with E-state index in [2.05, 4.69) is 15.5 Å². The second-order valence-electron chi connectivity index (χ2n) is 7.14. The summed E-state index contributed by atoms with van der Waals surface area (Å²) in [4.78, 5) is 12.4. The maximum atomic E-state index is 13.3. The maximum Gasteiger partial charge on any atom is 0.234 e. The Kier molecular flexibility index (Phi) is 7.26. The molecule has 1 heterocycles. The Bertz CT molecular complexity index is 1250. The summed E-state index contributed by atoms with van der Waals surface area (Å²) in [5.74, 6) is 0.603. The van der Waals surface area contributed by atoms with Gasteiger partial charge in [0.15, 0.2) is 11.0 Å². The van der Waals surface area contributed by atoms with Crippen LogP contribution >= 0.6 is 23.4 Å². The Morgan fingerprint density at radius 3 is 2.58 bits per heavy atom. The number of nitrogens with one attached hydrogen (secondary N) is 1. The Morgan fingerprint density at radius 1 is 1.09 bits per heavy atom. The first kappa shape index (κ1) is 22.8. The Balaban J connectivity index is 1.48. The van der Waals surface area contributed by atoms with Crippen LogP contribution in [0.4, 0.5) is 10.1 Å². The number of benzene rings is 3. The van der Waals surface area contributed by atoms with E-state index in [1.165, 1.54) is 30.0 Å². The zero-order valence-electron chi connectivity index (χ0n) is 17.7. The lowest BCUT2D eigenvalue weighted by Crippen LogP contribution is -2.15. The van der Waals surface area contributed by atoms with E-state index >= 15 is 0 Å². The molecule has 0 aliphatic heterocycles. The van der Waals surface area contributed by atoms with Crippen molar-refractivity contribution in [3.63, 3.8) is 0 Å². The third kappa shape index (κ3) is 5.91. The first-order valence-electron chi connectivity index (χ1n) is 10.1. The molecule has 0 unspecified atom stereocenters. The molecule has 0 aliphatic rings. The smallest absolute Gasteiger partial charge is 0.234 e. The molecule has 0 saturated carbocycles. The number of carbonyl (C=O) groups is 1. The van der Waals surface area contributed by atoms with Crippen LogP contribution in [0.25, 0.3) is 5.69 Å². The van der Waals surface area contributed by atoms with Crippen LogP contribution in [-0.2, 0) is 11.4 Å². The van der Waals surface area contributed by atoms with Gasteiger partial charge in [0.25, 0.3) is 0 Å². The number of carbonyl (C=O) groups excluding carboxylic acids is 1. The minimum Gasteiger partial charge on any atom is -0.486 e. The molecule has 0 bridgehead atoms. The lowest BCUT2D eigenvalue weighted by atomic mass is 10.2. The number of amides is 1. The van der Waals surface area contributed by atoms with Crippen molar-refractivity contribution >= 4 is 35.0 Å². The van der Waals surface area contributed by atoms with Crippen LogP contribution in [0.3, 0.4) is 0 Å². The first-order valence-corrected chi connectivity index (χ1v) is 11.4. The van der Waals surface area contributed by atoms with Gasteiger partial charge >= 0.3 is 0 Å². The van der Waals surface area contributed by atoms with Crippen LogP contribution in [0.1, 0.15) is 11.4 Å². The second kappa shape index (κ2) is 10.5. The summed E-state index contributed by atoms with van der Waals surface area (Å²) in [6.07, 6.45) is 0. The summed E-state index contributed by atoms with van der Waals surface area (Å²) in [7, 11) is 0. The third-order valence-corrected chi connectivity index (χ3v) is 5.86. The number of rotatable bonds is 8. The van der Waals surface area contributed by atoms with Crippen LogP contribution in [-0.4, -0.2) is 26.4 Å². The van der Waals surface area contributed by atoms with Gasteiger partial charge in [-0.2, -0.15) is 0 Å². The van der Waals surface area contributed by atoms with E-state index in [-0.39, 0.29) is 23.3 Å². The summed E-state index contributed by atoms with van der Waals surface area (Å²) in [5.41, 5.74) is 2.43. The number of anilines is 1. The molecule has 6 nitrogen and oxygen atoms in total. The SMILES string of the molecule is Cc1ccc(OCc2nnc(SCC(=O)Nc3ccc(F)c(Cl)c3)n2-c2ccccc2)cc1. The number of thioether (sulfide) groups is 1. The number of aryl methyl sites for hydroxylation is 1. The van der Waals surface area contributed by atoms with Crippen LogP contribution in [0.15, 0.2) is 78.0 Å². The molecular formula is C24H20ClFN4O2S. The number of para-hydroxylation sites is 1. The molecule has 33 heavy (non-hydrogen) atoms. The van der Waals surface area contributed by atoms with Gasteiger partial charge in [-0.1, -0.05) is 59.3 Å². The van der Waals surface area contributed by atoms with Gasteiger partial charge in [0.1, 0.15) is 18.2 Å². The fourth-order valence-electron chi connectivity index (χ4n) is 3.01. The lowest BCUT2D eigenvalue weighted by molar-refractivity contribution is -0.113. The number of ether oxygens (including phenoxy) is 1. The lowest BCUT2D eigenvalue weighted by Gasteiger charge is -2.11. The minimum atomic E-state index is -0.541. The van der Waals surface area contributed by atoms with Gasteiger partial charge in [-0.25, -0.2) is 4.39 Å². The normalized spacial score (nSPS) is 10.8. The Labute approximate surface area is 199 Å². The average Bonchev–Trinajstić information content (AvgIpc) is 3.23. The monoisotopic (exact) mass is 482 g/mol. The molecular weight excluding hydrogens is 463 g/mol.